The van der Waals surface area contributed by atoms with Gasteiger partial charge in [0.25, 0.3) is 0 Å². The summed E-state index contributed by atoms with van der Waals surface area (Å²) in [5.74, 6) is 1.43. The van der Waals surface area contributed by atoms with Crippen LogP contribution in [0.5, 0.6) is 5.75 Å². The third-order valence-corrected chi connectivity index (χ3v) is 3.71. The Bertz CT molecular complexity index is 402. The van der Waals surface area contributed by atoms with Crippen molar-refractivity contribution in [3.05, 3.63) is 28.8 Å². The largest absolute Gasteiger partial charge is 0.495 e. The summed E-state index contributed by atoms with van der Waals surface area (Å²) in [7, 11) is 1.64. The van der Waals surface area contributed by atoms with Crippen LogP contribution in [0, 0.1) is 5.92 Å². The van der Waals surface area contributed by atoms with Gasteiger partial charge in [-0.1, -0.05) is 45.4 Å². The van der Waals surface area contributed by atoms with Gasteiger partial charge in [0.1, 0.15) is 5.75 Å². The lowest BCUT2D eigenvalue weighted by atomic mass is 9.81. The summed E-state index contributed by atoms with van der Waals surface area (Å²) in [4.78, 5) is 0. The predicted octanol–water partition coefficient (Wildman–Crippen LogP) is 4.26. The van der Waals surface area contributed by atoms with Crippen molar-refractivity contribution in [2.75, 3.05) is 20.2 Å². The first-order valence-electron chi connectivity index (χ1n) is 6.91. The fourth-order valence-corrected chi connectivity index (χ4v) is 2.28. The molecule has 0 saturated carbocycles. The molecule has 0 amide bonds. The maximum Gasteiger partial charge on any atom is 0.137 e. The zero-order valence-electron chi connectivity index (χ0n) is 12.7. The molecule has 1 N–H and O–H groups in total. The Labute approximate surface area is 122 Å². The second-order valence-corrected chi connectivity index (χ2v) is 6.49. The van der Waals surface area contributed by atoms with Crippen molar-refractivity contribution in [2.45, 2.75) is 39.5 Å². The average Bonchev–Trinajstić information content (AvgIpc) is 2.34. The predicted molar refractivity (Wildman–Crippen MR) is 83.4 cm³/mol. The zero-order chi connectivity index (χ0) is 14.5. The van der Waals surface area contributed by atoms with Crippen molar-refractivity contribution in [1.82, 2.24) is 5.32 Å². The third-order valence-electron chi connectivity index (χ3n) is 3.41. The first-order valence-corrected chi connectivity index (χ1v) is 7.29. The Morgan fingerprint density at radius 3 is 2.53 bits per heavy atom. The van der Waals surface area contributed by atoms with Gasteiger partial charge < -0.3 is 10.1 Å². The van der Waals surface area contributed by atoms with Crippen LogP contribution in [0.25, 0.3) is 0 Å². The molecule has 0 unspecified atom stereocenters. The highest BCUT2D eigenvalue weighted by Gasteiger charge is 2.21. The number of ether oxygens (including phenoxy) is 1. The van der Waals surface area contributed by atoms with Crippen LogP contribution in [-0.2, 0) is 5.41 Å². The van der Waals surface area contributed by atoms with Crippen molar-refractivity contribution < 1.29 is 4.74 Å². The molecule has 0 aromatic heterocycles. The van der Waals surface area contributed by atoms with Gasteiger partial charge in [-0.25, -0.2) is 0 Å². The second-order valence-electron chi connectivity index (χ2n) is 6.08. The zero-order valence-corrected chi connectivity index (χ0v) is 13.5. The van der Waals surface area contributed by atoms with E-state index in [2.05, 4.69) is 39.1 Å². The molecule has 0 spiro atoms. The highest BCUT2D eigenvalue weighted by molar-refractivity contribution is 6.32. The van der Waals surface area contributed by atoms with Crippen molar-refractivity contribution in [1.29, 1.82) is 0 Å². The highest BCUT2D eigenvalue weighted by Crippen LogP contribution is 2.32. The molecular formula is C16H26ClNO. The van der Waals surface area contributed by atoms with Crippen LogP contribution in [0.15, 0.2) is 18.2 Å². The van der Waals surface area contributed by atoms with Gasteiger partial charge in [0.15, 0.2) is 0 Å². The monoisotopic (exact) mass is 283 g/mol. The van der Waals surface area contributed by atoms with E-state index in [0.29, 0.717) is 10.9 Å². The molecular weight excluding hydrogens is 258 g/mol. The van der Waals surface area contributed by atoms with Crippen molar-refractivity contribution >= 4 is 11.6 Å². The van der Waals surface area contributed by atoms with Gasteiger partial charge in [-0.3, -0.25) is 0 Å². The molecule has 1 rings (SSSR count). The van der Waals surface area contributed by atoms with Crippen LogP contribution in [0.4, 0.5) is 0 Å². The maximum absolute atomic E-state index is 6.20. The molecule has 0 aliphatic rings. The third kappa shape index (κ3) is 5.04. The number of hydrogen-bond acceptors (Lipinski definition) is 2. The Hall–Kier alpha value is -0.730. The molecule has 1 aromatic carbocycles. The lowest BCUT2D eigenvalue weighted by Crippen LogP contribution is -2.27. The number of benzene rings is 1. The summed E-state index contributed by atoms with van der Waals surface area (Å²) < 4.78 is 5.19. The summed E-state index contributed by atoms with van der Waals surface area (Å²) in [6.45, 7) is 11.0. The fraction of sp³-hybridized carbons (Fsp3) is 0.625. The van der Waals surface area contributed by atoms with E-state index in [4.69, 9.17) is 16.3 Å². The van der Waals surface area contributed by atoms with Crippen LogP contribution in [0.3, 0.4) is 0 Å². The van der Waals surface area contributed by atoms with E-state index in [1.54, 1.807) is 7.11 Å². The molecule has 0 aliphatic heterocycles. The molecule has 3 heteroatoms. The summed E-state index contributed by atoms with van der Waals surface area (Å²) in [6, 6.07) is 6.07. The van der Waals surface area contributed by atoms with Crippen LogP contribution < -0.4 is 10.1 Å². The van der Waals surface area contributed by atoms with Gasteiger partial charge in [-0.2, -0.15) is 0 Å². The van der Waals surface area contributed by atoms with Crippen LogP contribution in [-0.4, -0.2) is 20.2 Å². The number of nitrogens with one attached hydrogen (secondary N) is 1. The summed E-state index contributed by atoms with van der Waals surface area (Å²) in [5.41, 5.74) is 1.37. The van der Waals surface area contributed by atoms with Crippen molar-refractivity contribution in [3.63, 3.8) is 0 Å². The molecule has 2 nitrogen and oxygen atoms in total. The smallest absolute Gasteiger partial charge is 0.137 e. The van der Waals surface area contributed by atoms with Gasteiger partial charge in [0.05, 0.1) is 12.1 Å². The Morgan fingerprint density at radius 1 is 1.32 bits per heavy atom. The van der Waals surface area contributed by atoms with E-state index in [1.807, 2.05) is 12.1 Å². The van der Waals surface area contributed by atoms with Gasteiger partial charge in [0, 0.05) is 0 Å². The molecule has 0 atom stereocenters. The Morgan fingerprint density at radius 2 is 2.00 bits per heavy atom. The first kappa shape index (κ1) is 16.3. The first-order chi connectivity index (χ1) is 8.86. The Balaban J connectivity index is 2.63. The normalized spacial score (nSPS) is 11.9. The molecule has 0 bridgehead atoms. The van der Waals surface area contributed by atoms with Crippen molar-refractivity contribution in [2.24, 2.45) is 5.92 Å². The summed E-state index contributed by atoms with van der Waals surface area (Å²) >= 11 is 6.20. The number of rotatable bonds is 7. The van der Waals surface area contributed by atoms with Gasteiger partial charge in [-0.15, -0.1) is 0 Å². The van der Waals surface area contributed by atoms with Gasteiger partial charge in [-0.05, 0) is 48.5 Å². The number of halogens is 1. The van der Waals surface area contributed by atoms with E-state index < -0.39 is 0 Å². The molecule has 0 aliphatic carbocycles. The topological polar surface area (TPSA) is 21.3 Å². The van der Waals surface area contributed by atoms with E-state index in [9.17, 15) is 0 Å². The fourth-order valence-electron chi connectivity index (χ4n) is 2.02. The molecule has 108 valence electrons. The van der Waals surface area contributed by atoms with E-state index >= 15 is 0 Å². The highest BCUT2D eigenvalue weighted by atomic mass is 35.5. The van der Waals surface area contributed by atoms with Crippen LogP contribution in [0.1, 0.15) is 39.7 Å². The van der Waals surface area contributed by atoms with E-state index in [1.165, 1.54) is 5.56 Å². The second kappa shape index (κ2) is 7.16. The SMILES string of the molecule is COc1ccc(C(C)(C)CCNCC(C)C)cc1Cl. The summed E-state index contributed by atoms with van der Waals surface area (Å²) in [5, 5.41) is 4.17. The maximum atomic E-state index is 6.20. The van der Waals surface area contributed by atoms with Gasteiger partial charge >= 0.3 is 0 Å². The lowest BCUT2D eigenvalue weighted by molar-refractivity contribution is 0.412. The van der Waals surface area contributed by atoms with E-state index in [-0.39, 0.29) is 5.41 Å². The molecule has 0 heterocycles. The quantitative estimate of drug-likeness (QED) is 0.755. The summed E-state index contributed by atoms with van der Waals surface area (Å²) in [6.07, 6.45) is 1.09. The van der Waals surface area contributed by atoms with Crippen LogP contribution >= 0.6 is 11.6 Å². The molecule has 1 aromatic rings. The van der Waals surface area contributed by atoms with Crippen LogP contribution in [0.2, 0.25) is 5.02 Å². The van der Waals surface area contributed by atoms with Gasteiger partial charge in [0.2, 0.25) is 0 Å². The lowest BCUT2D eigenvalue weighted by Gasteiger charge is -2.26. The standard InChI is InChI=1S/C16H26ClNO/c1-12(2)11-18-9-8-16(3,4)13-6-7-15(19-5)14(17)10-13/h6-7,10,12,18H,8-9,11H2,1-5H3. The Kier molecular flexibility index (Phi) is 6.15. The number of hydrogen-bond donors (Lipinski definition) is 1. The average molecular weight is 284 g/mol. The minimum atomic E-state index is 0.111. The molecule has 0 radical (unpaired) electrons. The van der Waals surface area contributed by atoms with E-state index in [0.717, 1.165) is 25.3 Å². The minimum Gasteiger partial charge on any atom is -0.495 e. The molecule has 0 saturated heterocycles. The van der Waals surface area contributed by atoms with Crippen molar-refractivity contribution in [3.8, 4) is 5.75 Å². The molecule has 0 fully saturated rings. The minimum absolute atomic E-state index is 0.111. The molecule has 19 heavy (non-hydrogen) atoms. The number of methoxy groups -OCH3 is 1.